The van der Waals surface area contributed by atoms with Crippen molar-refractivity contribution >= 4 is 23.1 Å². The summed E-state index contributed by atoms with van der Waals surface area (Å²) in [6.45, 7) is 3.91. The quantitative estimate of drug-likeness (QED) is 0.448. The summed E-state index contributed by atoms with van der Waals surface area (Å²) in [4.78, 5) is 1.27. The average Bonchev–Trinajstić information content (AvgIpc) is 3.37. The standard InChI is InChI=1S/C19H18N4OS2/c1-13-17(14(2)24-22-13)12-26-19-21-20-18(11-16-9-6-10-25-16)23(19)15-7-4-3-5-8-15/h3-10H,11-12H2,1-2H3. The molecule has 4 rings (SSSR count). The molecule has 0 bridgehead atoms. The lowest BCUT2D eigenvalue weighted by Gasteiger charge is -2.09. The van der Waals surface area contributed by atoms with Gasteiger partial charge in [0.15, 0.2) is 5.16 Å². The number of rotatable bonds is 6. The van der Waals surface area contributed by atoms with Crippen LogP contribution in [0.15, 0.2) is 57.5 Å². The highest BCUT2D eigenvalue weighted by Gasteiger charge is 2.17. The predicted octanol–water partition coefficient (Wildman–Crippen LogP) is 4.82. The lowest BCUT2D eigenvalue weighted by molar-refractivity contribution is 0.392. The summed E-state index contributed by atoms with van der Waals surface area (Å²) in [5.41, 5.74) is 3.13. The fourth-order valence-electron chi connectivity index (χ4n) is 2.76. The van der Waals surface area contributed by atoms with Gasteiger partial charge in [-0.15, -0.1) is 21.5 Å². The molecule has 0 saturated carbocycles. The van der Waals surface area contributed by atoms with Gasteiger partial charge < -0.3 is 4.52 Å². The molecule has 1 aromatic carbocycles. The largest absolute Gasteiger partial charge is 0.361 e. The van der Waals surface area contributed by atoms with E-state index in [1.165, 1.54) is 4.88 Å². The minimum absolute atomic E-state index is 0.755. The first-order chi connectivity index (χ1) is 12.7. The van der Waals surface area contributed by atoms with Gasteiger partial charge >= 0.3 is 0 Å². The first-order valence-corrected chi connectivity index (χ1v) is 10.2. The molecular formula is C19H18N4OS2. The molecule has 0 amide bonds. The second kappa shape index (κ2) is 7.47. The first kappa shape index (κ1) is 17.1. The molecule has 0 spiro atoms. The van der Waals surface area contributed by atoms with Crippen LogP contribution in [-0.2, 0) is 12.2 Å². The van der Waals surface area contributed by atoms with E-state index in [-0.39, 0.29) is 0 Å². The SMILES string of the molecule is Cc1noc(C)c1CSc1nnc(Cc2cccs2)n1-c1ccccc1. The number of thioether (sulfide) groups is 1. The Kier molecular flexibility index (Phi) is 4.90. The molecule has 3 heterocycles. The maximum absolute atomic E-state index is 5.27. The van der Waals surface area contributed by atoms with Crippen molar-refractivity contribution in [3.05, 3.63) is 75.6 Å². The molecule has 0 radical (unpaired) electrons. The normalized spacial score (nSPS) is 11.2. The van der Waals surface area contributed by atoms with Gasteiger partial charge in [-0.2, -0.15) is 0 Å². The average molecular weight is 383 g/mol. The third kappa shape index (κ3) is 3.45. The number of thiophene rings is 1. The highest BCUT2D eigenvalue weighted by Crippen LogP contribution is 2.28. The fourth-order valence-corrected chi connectivity index (χ4v) is 4.58. The Balaban J connectivity index is 1.67. The second-order valence-corrected chi connectivity index (χ2v) is 7.89. The summed E-state index contributed by atoms with van der Waals surface area (Å²) < 4.78 is 7.41. The lowest BCUT2D eigenvalue weighted by Crippen LogP contribution is -2.03. The summed E-state index contributed by atoms with van der Waals surface area (Å²) >= 11 is 3.39. The van der Waals surface area contributed by atoms with Crippen LogP contribution in [0.2, 0.25) is 0 Å². The minimum Gasteiger partial charge on any atom is -0.361 e. The number of nitrogens with zero attached hydrogens (tertiary/aromatic N) is 4. The van der Waals surface area contributed by atoms with Crippen molar-refractivity contribution in [2.45, 2.75) is 31.2 Å². The molecule has 0 fully saturated rings. The lowest BCUT2D eigenvalue weighted by atomic mass is 10.2. The fraction of sp³-hybridized carbons (Fsp3) is 0.211. The van der Waals surface area contributed by atoms with Gasteiger partial charge in [0.25, 0.3) is 0 Å². The first-order valence-electron chi connectivity index (χ1n) is 8.29. The van der Waals surface area contributed by atoms with Crippen molar-refractivity contribution in [3.63, 3.8) is 0 Å². The van der Waals surface area contributed by atoms with E-state index < -0.39 is 0 Å². The third-order valence-corrected chi connectivity index (χ3v) is 5.99. The maximum Gasteiger partial charge on any atom is 0.196 e. The predicted molar refractivity (Wildman–Crippen MR) is 104 cm³/mol. The van der Waals surface area contributed by atoms with Gasteiger partial charge in [-0.05, 0) is 37.4 Å². The van der Waals surface area contributed by atoms with Gasteiger partial charge in [0, 0.05) is 28.3 Å². The van der Waals surface area contributed by atoms with Crippen molar-refractivity contribution in [1.82, 2.24) is 19.9 Å². The van der Waals surface area contributed by atoms with E-state index in [9.17, 15) is 0 Å². The van der Waals surface area contributed by atoms with Crippen LogP contribution in [0, 0.1) is 13.8 Å². The number of hydrogen-bond acceptors (Lipinski definition) is 6. The van der Waals surface area contributed by atoms with E-state index in [0.29, 0.717) is 0 Å². The Hall–Kier alpha value is -2.38. The van der Waals surface area contributed by atoms with Gasteiger partial charge in [0.05, 0.1) is 5.69 Å². The molecule has 0 saturated heterocycles. The molecule has 0 N–H and O–H groups in total. The van der Waals surface area contributed by atoms with E-state index in [2.05, 4.69) is 49.6 Å². The zero-order valence-corrected chi connectivity index (χ0v) is 16.2. The molecule has 0 aliphatic rings. The summed E-state index contributed by atoms with van der Waals surface area (Å²) in [6, 6.07) is 14.5. The molecule has 26 heavy (non-hydrogen) atoms. The van der Waals surface area contributed by atoms with Gasteiger partial charge in [-0.25, -0.2) is 0 Å². The van der Waals surface area contributed by atoms with E-state index in [0.717, 1.165) is 45.9 Å². The molecule has 3 aromatic heterocycles. The number of hydrogen-bond donors (Lipinski definition) is 0. The van der Waals surface area contributed by atoms with E-state index in [1.54, 1.807) is 23.1 Å². The van der Waals surface area contributed by atoms with Crippen LogP contribution in [0.3, 0.4) is 0 Å². The Morgan fingerprint density at radius 1 is 1.08 bits per heavy atom. The number of aryl methyl sites for hydroxylation is 2. The molecule has 132 valence electrons. The highest BCUT2D eigenvalue weighted by atomic mass is 32.2. The Labute approximate surface area is 160 Å². The molecule has 5 nitrogen and oxygen atoms in total. The Morgan fingerprint density at radius 3 is 2.62 bits per heavy atom. The molecule has 4 aromatic rings. The van der Waals surface area contributed by atoms with Crippen LogP contribution in [0.25, 0.3) is 5.69 Å². The smallest absolute Gasteiger partial charge is 0.196 e. The molecule has 0 unspecified atom stereocenters. The molecule has 7 heteroatoms. The minimum atomic E-state index is 0.755. The Bertz CT molecular complexity index is 971. The van der Waals surface area contributed by atoms with Crippen molar-refractivity contribution < 1.29 is 4.52 Å². The van der Waals surface area contributed by atoms with E-state index in [1.807, 2.05) is 32.0 Å². The maximum atomic E-state index is 5.27. The van der Waals surface area contributed by atoms with Gasteiger partial charge in [-0.3, -0.25) is 4.57 Å². The van der Waals surface area contributed by atoms with Crippen molar-refractivity contribution in [1.29, 1.82) is 0 Å². The summed E-state index contributed by atoms with van der Waals surface area (Å²) in [6.07, 6.45) is 0.769. The highest BCUT2D eigenvalue weighted by molar-refractivity contribution is 7.98. The van der Waals surface area contributed by atoms with E-state index in [4.69, 9.17) is 4.52 Å². The zero-order chi connectivity index (χ0) is 17.9. The summed E-state index contributed by atoms with van der Waals surface area (Å²) in [5, 5.41) is 15.9. The van der Waals surface area contributed by atoms with Crippen LogP contribution < -0.4 is 0 Å². The van der Waals surface area contributed by atoms with Gasteiger partial charge in [0.1, 0.15) is 11.6 Å². The van der Waals surface area contributed by atoms with Crippen LogP contribution in [0.4, 0.5) is 0 Å². The number of benzene rings is 1. The van der Waals surface area contributed by atoms with Crippen LogP contribution >= 0.6 is 23.1 Å². The Morgan fingerprint density at radius 2 is 1.92 bits per heavy atom. The summed E-state index contributed by atoms with van der Waals surface area (Å²) in [5.74, 6) is 2.56. The van der Waals surface area contributed by atoms with Gasteiger partial charge in [0.2, 0.25) is 0 Å². The molecule has 0 aliphatic carbocycles. The number of para-hydroxylation sites is 1. The van der Waals surface area contributed by atoms with Crippen LogP contribution in [0.5, 0.6) is 0 Å². The van der Waals surface area contributed by atoms with Gasteiger partial charge in [-0.1, -0.05) is 41.2 Å². The third-order valence-electron chi connectivity index (χ3n) is 4.15. The van der Waals surface area contributed by atoms with Crippen molar-refractivity contribution in [3.8, 4) is 5.69 Å². The van der Waals surface area contributed by atoms with Crippen LogP contribution in [0.1, 0.15) is 27.7 Å². The molecule has 0 atom stereocenters. The van der Waals surface area contributed by atoms with Crippen LogP contribution in [-0.4, -0.2) is 19.9 Å². The van der Waals surface area contributed by atoms with Crippen molar-refractivity contribution in [2.75, 3.05) is 0 Å². The van der Waals surface area contributed by atoms with E-state index >= 15 is 0 Å². The van der Waals surface area contributed by atoms with Crippen molar-refractivity contribution in [2.24, 2.45) is 0 Å². The zero-order valence-electron chi connectivity index (χ0n) is 14.5. The number of aromatic nitrogens is 4. The molecule has 0 aliphatic heterocycles. The summed E-state index contributed by atoms with van der Waals surface area (Å²) in [7, 11) is 0. The topological polar surface area (TPSA) is 56.7 Å². The monoisotopic (exact) mass is 382 g/mol. The molecular weight excluding hydrogens is 364 g/mol. The second-order valence-electron chi connectivity index (χ2n) is 5.92.